The maximum absolute atomic E-state index is 12.7. The number of nitrogen functional groups attached to an aromatic ring is 1. The van der Waals surface area contributed by atoms with Crippen LogP contribution in [-0.4, -0.2) is 30.6 Å². The Morgan fingerprint density at radius 1 is 1.07 bits per heavy atom. The minimum atomic E-state index is 0.163. The fourth-order valence-electron chi connectivity index (χ4n) is 3.48. The van der Waals surface area contributed by atoms with Crippen molar-refractivity contribution in [2.45, 2.75) is 39.7 Å². The van der Waals surface area contributed by atoms with Crippen molar-refractivity contribution in [2.75, 3.05) is 25.5 Å². The zero-order chi connectivity index (χ0) is 19.2. The quantitative estimate of drug-likeness (QED) is 0.759. The van der Waals surface area contributed by atoms with Crippen molar-refractivity contribution in [3.05, 3.63) is 53.1 Å². The first kappa shape index (κ1) is 19.1. The van der Waals surface area contributed by atoms with Crippen LogP contribution in [0.15, 0.2) is 36.4 Å². The lowest BCUT2D eigenvalue weighted by Crippen LogP contribution is -2.36. The summed E-state index contributed by atoms with van der Waals surface area (Å²) in [6.07, 6.45) is 1.97. The Labute approximate surface area is 161 Å². The average Bonchev–Trinajstić information content (AvgIpc) is 2.67. The number of para-hydroxylation sites is 1. The van der Waals surface area contributed by atoms with E-state index in [9.17, 15) is 4.79 Å². The van der Waals surface area contributed by atoms with Crippen LogP contribution in [0, 0.1) is 0 Å². The van der Waals surface area contributed by atoms with Gasteiger partial charge in [-0.05, 0) is 61.6 Å². The van der Waals surface area contributed by atoms with Crippen LogP contribution in [0.5, 0.6) is 11.5 Å². The molecule has 2 aromatic carbocycles. The fraction of sp³-hybridized carbons (Fsp3) is 0.409. The number of nitrogens with zero attached hydrogens (tertiary/aromatic N) is 1. The van der Waals surface area contributed by atoms with Crippen molar-refractivity contribution < 1.29 is 14.3 Å². The topological polar surface area (TPSA) is 64.8 Å². The van der Waals surface area contributed by atoms with Gasteiger partial charge in [0.05, 0.1) is 13.2 Å². The van der Waals surface area contributed by atoms with E-state index in [0.29, 0.717) is 32.6 Å². The molecule has 2 aromatic rings. The number of carbonyl (C=O) groups is 1. The molecule has 1 aliphatic heterocycles. The molecule has 0 saturated heterocycles. The van der Waals surface area contributed by atoms with Gasteiger partial charge in [0.1, 0.15) is 0 Å². The highest BCUT2D eigenvalue weighted by molar-refractivity contribution is 5.77. The number of ether oxygens (including phenoxy) is 2. The molecule has 5 heteroatoms. The number of hydrogen-bond acceptors (Lipinski definition) is 4. The molecule has 0 spiro atoms. The number of anilines is 1. The van der Waals surface area contributed by atoms with E-state index in [1.165, 1.54) is 5.56 Å². The maximum atomic E-state index is 12.7. The fourth-order valence-corrected chi connectivity index (χ4v) is 3.48. The second kappa shape index (κ2) is 8.80. The lowest BCUT2D eigenvalue weighted by Gasteiger charge is -2.30. The summed E-state index contributed by atoms with van der Waals surface area (Å²) in [6, 6.07) is 11.8. The minimum absolute atomic E-state index is 0.163. The third-order valence-electron chi connectivity index (χ3n) is 4.89. The summed E-state index contributed by atoms with van der Waals surface area (Å²) >= 11 is 0. The van der Waals surface area contributed by atoms with E-state index in [1.807, 2.05) is 49.1 Å². The molecule has 1 amide bonds. The van der Waals surface area contributed by atoms with Crippen molar-refractivity contribution in [1.29, 1.82) is 0 Å². The molecule has 5 nitrogen and oxygen atoms in total. The minimum Gasteiger partial charge on any atom is -0.490 e. The average molecular weight is 368 g/mol. The first-order valence-corrected chi connectivity index (χ1v) is 9.64. The molecule has 0 atom stereocenters. The molecule has 0 radical (unpaired) electrons. The third kappa shape index (κ3) is 4.54. The van der Waals surface area contributed by atoms with Crippen LogP contribution in [-0.2, 0) is 24.2 Å². The molecule has 0 aromatic heterocycles. The van der Waals surface area contributed by atoms with Crippen LogP contribution in [0.4, 0.5) is 5.69 Å². The van der Waals surface area contributed by atoms with Crippen molar-refractivity contribution in [1.82, 2.24) is 4.90 Å². The van der Waals surface area contributed by atoms with Gasteiger partial charge in [0.2, 0.25) is 5.91 Å². The molecule has 0 fully saturated rings. The van der Waals surface area contributed by atoms with E-state index in [4.69, 9.17) is 15.2 Å². The van der Waals surface area contributed by atoms with Gasteiger partial charge in [0, 0.05) is 25.2 Å². The van der Waals surface area contributed by atoms with Crippen LogP contribution in [0.1, 0.15) is 37.0 Å². The van der Waals surface area contributed by atoms with Crippen molar-refractivity contribution in [2.24, 2.45) is 0 Å². The zero-order valence-electron chi connectivity index (χ0n) is 16.2. The Balaban J connectivity index is 1.68. The molecule has 3 rings (SSSR count). The molecular weight excluding hydrogens is 340 g/mol. The van der Waals surface area contributed by atoms with Crippen LogP contribution in [0.3, 0.4) is 0 Å². The molecule has 0 saturated carbocycles. The van der Waals surface area contributed by atoms with E-state index < -0.39 is 0 Å². The van der Waals surface area contributed by atoms with Crippen molar-refractivity contribution >= 4 is 11.6 Å². The number of hydrogen-bond donors (Lipinski definition) is 1. The second-order valence-corrected chi connectivity index (χ2v) is 6.70. The molecule has 0 unspecified atom stereocenters. The van der Waals surface area contributed by atoms with Gasteiger partial charge < -0.3 is 20.1 Å². The highest BCUT2D eigenvalue weighted by atomic mass is 16.5. The SMILES string of the molecule is CCOc1cc2c(cc1OCC)CN(C(=O)CCc1ccccc1N)CC2. The van der Waals surface area contributed by atoms with E-state index >= 15 is 0 Å². The van der Waals surface area contributed by atoms with E-state index in [1.54, 1.807) is 0 Å². The Hall–Kier alpha value is -2.69. The number of carbonyl (C=O) groups excluding carboxylic acids is 1. The second-order valence-electron chi connectivity index (χ2n) is 6.70. The Bertz CT molecular complexity index is 804. The molecule has 1 aliphatic rings. The molecule has 144 valence electrons. The summed E-state index contributed by atoms with van der Waals surface area (Å²) in [6.45, 7) is 6.46. The first-order valence-electron chi connectivity index (χ1n) is 9.64. The van der Waals surface area contributed by atoms with Crippen LogP contribution < -0.4 is 15.2 Å². The predicted octanol–water partition coefficient (Wildman–Crippen LogP) is 3.58. The highest BCUT2D eigenvalue weighted by Crippen LogP contribution is 2.34. The van der Waals surface area contributed by atoms with Crippen LogP contribution in [0.25, 0.3) is 0 Å². The number of benzene rings is 2. The van der Waals surface area contributed by atoms with Gasteiger partial charge in [-0.2, -0.15) is 0 Å². The number of amides is 1. The zero-order valence-corrected chi connectivity index (χ0v) is 16.2. The van der Waals surface area contributed by atoms with Gasteiger partial charge in [-0.1, -0.05) is 18.2 Å². The summed E-state index contributed by atoms with van der Waals surface area (Å²) < 4.78 is 11.4. The highest BCUT2D eigenvalue weighted by Gasteiger charge is 2.23. The van der Waals surface area contributed by atoms with Gasteiger partial charge in [0.25, 0.3) is 0 Å². The summed E-state index contributed by atoms with van der Waals surface area (Å²) in [5.41, 5.74) is 10.1. The first-order chi connectivity index (χ1) is 13.1. The van der Waals surface area contributed by atoms with Gasteiger partial charge in [-0.15, -0.1) is 0 Å². The normalized spacial score (nSPS) is 13.2. The van der Waals surface area contributed by atoms with Gasteiger partial charge >= 0.3 is 0 Å². The lowest BCUT2D eigenvalue weighted by atomic mass is 9.98. The van der Waals surface area contributed by atoms with Gasteiger partial charge in [-0.25, -0.2) is 0 Å². The van der Waals surface area contributed by atoms with Crippen LogP contribution in [0.2, 0.25) is 0 Å². The molecule has 0 bridgehead atoms. The van der Waals surface area contributed by atoms with Crippen molar-refractivity contribution in [3.8, 4) is 11.5 Å². The van der Waals surface area contributed by atoms with E-state index in [2.05, 4.69) is 6.07 Å². The largest absolute Gasteiger partial charge is 0.490 e. The third-order valence-corrected chi connectivity index (χ3v) is 4.89. The lowest BCUT2D eigenvalue weighted by molar-refractivity contribution is -0.132. The van der Waals surface area contributed by atoms with Gasteiger partial charge in [0.15, 0.2) is 11.5 Å². The Morgan fingerprint density at radius 2 is 1.74 bits per heavy atom. The monoisotopic (exact) mass is 368 g/mol. The Morgan fingerprint density at radius 3 is 2.41 bits per heavy atom. The summed E-state index contributed by atoms with van der Waals surface area (Å²) in [5.74, 6) is 1.71. The number of nitrogens with two attached hydrogens (primary N) is 1. The smallest absolute Gasteiger partial charge is 0.223 e. The van der Waals surface area contributed by atoms with Gasteiger partial charge in [-0.3, -0.25) is 4.79 Å². The molecule has 0 aliphatic carbocycles. The van der Waals surface area contributed by atoms with Crippen LogP contribution >= 0.6 is 0 Å². The number of aryl methyl sites for hydroxylation is 1. The summed E-state index contributed by atoms with van der Waals surface area (Å²) in [4.78, 5) is 14.6. The van der Waals surface area contributed by atoms with E-state index in [0.717, 1.165) is 41.3 Å². The molecule has 2 N–H and O–H groups in total. The molecular formula is C22H28N2O3. The van der Waals surface area contributed by atoms with Crippen molar-refractivity contribution in [3.63, 3.8) is 0 Å². The summed E-state index contributed by atoms with van der Waals surface area (Å²) in [7, 11) is 0. The Kier molecular flexibility index (Phi) is 6.22. The standard InChI is InChI=1S/C22H28N2O3/c1-3-26-20-13-17-11-12-24(15-18(17)14-21(20)27-4-2)22(25)10-9-16-7-5-6-8-19(16)23/h5-8,13-14H,3-4,9-12,15,23H2,1-2H3. The summed E-state index contributed by atoms with van der Waals surface area (Å²) in [5, 5.41) is 0. The maximum Gasteiger partial charge on any atom is 0.223 e. The van der Waals surface area contributed by atoms with E-state index in [-0.39, 0.29) is 5.91 Å². The molecule has 27 heavy (non-hydrogen) atoms. The predicted molar refractivity (Wildman–Crippen MR) is 107 cm³/mol. The molecule has 1 heterocycles. The number of fused-ring (bicyclic) bond motifs is 1. The number of rotatable bonds is 7.